The summed E-state index contributed by atoms with van der Waals surface area (Å²) in [4.78, 5) is 29.3. The summed E-state index contributed by atoms with van der Waals surface area (Å²) in [6.07, 6.45) is 12.8. The summed E-state index contributed by atoms with van der Waals surface area (Å²) in [7, 11) is 0. The molecule has 42 heavy (non-hydrogen) atoms. The van der Waals surface area contributed by atoms with E-state index in [2.05, 4.69) is 25.9 Å². The molecule has 0 aromatic carbocycles. The molecule has 10 rings (SSSR count). The van der Waals surface area contributed by atoms with E-state index in [1.807, 2.05) is 18.5 Å². The summed E-state index contributed by atoms with van der Waals surface area (Å²) < 4.78 is 13.4. The summed E-state index contributed by atoms with van der Waals surface area (Å²) in [6, 6.07) is 4.90. The van der Waals surface area contributed by atoms with Crippen LogP contribution in [0.2, 0.25) is 0 Å². The van der Waals surface area contributed by atoms with Crippen LogP contribution in [-0.2, 0) is 4.74 Å². The van der Waals surface area contributed by atoms with Crippen LogP contribution in [0.5, 0.6) is 5.75 Å². The molecule has 1 spiro atoms. The molecule has 7 aliphatic rings. The van der Waals surface area contributed by atoms with Crippen molar-refractivity contribution in [1.82, 2.24) is 29.4 Å². The summed E-state index contributed by atoms with van der Waals surface area (Å²) in [5.74, 6) is 3.63. The van der Waals surface area contributed by atoms with Gasteiger partial charge in [-0.15, -0.1) is 0 Å². The van der Waals surface area contributed by atoms with Gasteiger partial charge < -0.3 is 24.2 Å². The minimum atomic E-state index is 0.231. The van der Waals surface area contributed by atoms with Crippen LogP contribution in [0.4, 0.5) is 10.6 Å². The fourth-order valence-corrected chi connectivity index (χ4v) is 8.13. The standard InChI is InChI=1S/C31H34N8O3/c32-9-19-10-35-38-15-22(42-6-1-23-25-16-41-17-26(23)25)8-24(29(19)38)27-11-34-28(12-33-27)37-13-20-7-21(14-37)39(20)30(40)36-5-4-31(18-36)2-3-31/h8,10-12,15,20-21,23,25-26H,1-7,13-14,16-18H2. The van der Waals surface area contributed by atoms with Crippen molar-refractivity contribution >= 4 is 17.4 Å². The molecule has 11 heteroatoms. The molecule has 2 saturated carbocycles. The first-order valence-corrected chi connectivity index (χ1v) is 15.4. The van der Waals surface area contributed by atoms with Crippen molar-refractivity contribution in [2.24, 2.45) is 23.2 Å². The zero-order chi connectivity index (χ0) is 28.0. The lowest BCUT2D eigenvalue weighted by molar-refractivity contribution is 0.0208. The summed E-state index contributed by atoms with van der Waals surface area (Å²) >= 11 is 0. The molecule has 5 saturated heterocycles. The van der Waals surface area contributed by atoms with E-state index in [4.69, 9.17) is 19.4 Å². The molecule has 11 nitrogen and oxygen atoms in total. The Bertz CT molecular complexity index is 1590. The topological polar surface area (TPSA) is 112 Å². The Morgan fingerprint density at radius 2 is 1.95 bits per heavy atom. The van der Waals surface area contributed by atoms with Crippen LogP contribution in [0, 0.1) is 34.5 Å². The molecular weight excluding hydrogens is 532 g/mol. The van der Waals surface area contributed by atoms with Crippen molar-refractivity contribution in [3.63, 3.8) is 0 Å². The molecule has 0 radical (unpaired) electrons. The van der Waals surface area contributed by atoms with Crippen LogP contribution >= 0.6 is 0 Å². The number of nitriles is 1. The van der Waals surface area contributed by atoms with E-state index in [1.54, 1.807) is 16.9 Å². The predicted octanol–water partition coefficient (Wildman–Crippen LogP) is 3.19. The van der Waals surface area contributed by atoms with Crippen LogP contribution in [0.15, 0.2) is 30.9 Å². The third-order valence-corrected chi connectivity index (χ3v) is 10.9. The van der Waals surface area contributed by atoms with Gasteiger partial charge in [0.25, 0.3) is 0 Å². The second-order valence-corrected chi connectivity index (χ2v) is 13.3. The Labute approximate surface area is 244 Å². The highest BCUT2D eigenvalue weighted by molar-refractivity contribution is 5.83. The molecule has 2 amide bonds. The van der Waals surface area contributed by atoms with E-state index in [-0.39, 0.29) is 18.1 Å². The van der Waals surface area contributed by atoms with Crippen molar-refractivity contribution in [1.29, 1.82) is 5.26 Å². The zero-order valence-electron chi connectivity index (χ0n) is 23.6. The molecule has 4 unspecified atom stereocenters. The highest BCUT2D eigenvalue weighted by Crippen LogP contribution is 2.53. The number of amides is 2. The molecule has 3 aromatic rings. The first-order valence-electron chi connectivity index (χ1n) is 15.4. The van der Waals surface area contributed by atoms with E-state index in [0.717, 1.165) is 63.6 Å². The molecule has 5 aliphatic heterocycles. The van der Waals surface area contributed by atoms with Gasteiger partial charge in [-0.1, -0.05) is 0 Å². The zero-order valence-corrected chi connectivity index (χ0v) is 23.6. The van der Waals surface area contributed by atoms with Gasteiger partial charge in [-0.05, 0) is 61.3 Å². The van der Waals surface area contributed by atoms with Crippen LogP contribution < -0.4 is 9.64 Å². The van der Waals surface area contributed by atoms with Crippen LogP contribution in [-0.4, -0.2) is 93.5 Å². The number of likely N-dealkylation sites (tertiary alicyclic amines) is 1. The van der Waals surface area contributed by atoms with Gasteiger partial charge in [-0.3, -0.25) is 4.98 Å². The van der Waals surface area contributed by atoms with Crippen LogP contribution in [0.3, 0.4) is 0 Å². The largest absolute Gasteiger partial charge is 0.492 e. The highest BCUT2D eigenvalue weighted by Gasteiger charge is 2.54. The number of ether oxygens (including phenoxy) is 2. The molecule has 216 valence electrons. The fraction of sp³-hybridized carbons (Fsp3) is 0.581. The Balaban J connectivity index is 0.903. The Morgan fingerprint density at radius 1 is 1.12 bits per heavy atom. The summed E-state index contributed by atoms with van der Waals surface area (Å²) in [5, 5.41) is 14.1. The first-order chi connectivity index (χ1) is 20.6. The number of hydrogen-bond donors (Lipinski definition) is 0. The smallest absolute Gasteiger partial charge is 0.320 e. The molecule has 7 fully saturated rings. The summed E-state index contributed by atoms with van der Waals surface area (Å²) in [5.41, 5.74) is 3.08. The van der Waals surface area contributed by atoms with Crippen LogP contribution in [0.25, 0.3) is 16.8 Å². The normalized spacial score (nSPS) is 29.9. The molecule has 4 atom stereocenters. The maximum Gasteiger partial charge on any atom is 0.320 e. The number of carbonyl (C=O) groups excluding carboxylic acids is 1. The average molecular weight is 567 g/mol. The summed E-state index contributed by atoms with van der Waals surface area (Å²) in [6.45, 7) is 5.82. The number of piperidine rings is 1. The van der Waals surface area contributed by atoms with Gasteiger partial charge in [-0.25, -0.2) is 14.3 Å². The predicted molar refractivity (Wildman–Crippen MR) is 152 cm³/mol. The van der Waals surface area contributed by atoms with E-state index < -0.39 is 0 Å². The SMILES string of the molecule is N#Cc1cnn2cc(OCCC3C4COCC34)cc(-c3cnc(N4CC5CC(C4)N5C(=O)N4CCC5(CC5)C4)cn3)c12. The number of rotatable bonds is 6. The fourth-order valence-electron chi connectivity index (χ4n) is 8.13. The Hall–Kier alpha value is -3.91. The lowest BCUT2D eigenvalue weighted by Gasteiger charge is -2.57. The lowest BCUT2D eigenvalue weighted by Crippen LogP contribution is -2.72. The number of nitrogens with zero attached hydrogens (tertiary/aromatic N) is 8. The third kappa shape index (κ3) is 3.87. The lowest BCUT2D eigenvalue weighted by atomic mass is 9.88. The van der Waals surface area contributed by atoms with Gasteiger partial charge in [0.2, 0.25) is 0 Å². The number of aromatic nitrogens is 4. The van der Waals surface area contributed by atoms with Gasteiger partial charge in [-0.2, -0.15) is 10.4 Å². The van der Waals surface area contributed by atoms with Gasteiger partial charge in [0, 0.05) is 31.7 Å². The van der Waals surface area contributed by atoms with Crippen molar-refractivity contribution in [3.05, 3.63) is 36.4 Å². The number of piperazine rings is 1. The van der Waals surface area contributed by atoms with E-state index in [1.165, 1.54) is 19.3 Å². The maximum atomic E-state index is 13.3. The van der Waals surface area contributed by atoms with E-state index >= 15 is 0 Å². The Morgan fingerprint density at radius 3 is 2.67 bits per heavy atom. The van der Waals surface area contributed by atoms with Crippen molar-refractivity contribution < 1.29 is 14.3 Å². The van der Waals surface area contributed by atoms with E-state index in [0.29, 0.717) is 52.3 Å². The minimum absolute atomic E-state index is 0.231. The number of anilines is 1. The van der Waals surface area contributed by atoms with Gasteiger partial charge in [0.05, 0.1) is 73.5 Å². The second kappa shape index (κ2) is 9.04. The van der Waals surface area contributed by atoms with E-state index in [9.17, 15) is 10.1 Å². The monoisotopic (exact) mass is 566 g/mol. The quantitative estimate of drug-likeness (QED) is 0.447. The number of pyridine rings is 1. The molecule has 0 N–H and O–H groups in total. The molecule has 3 aromatic heterocycles. The third-order valence-electron chi connectivity index (χ3n) is 10.9. The highest BCUT2D eigenvalue weighted by atomic mass is 16.5. The molecule has 2 bridgehead atoms. The average Bonchev–Trinajstić information content (AvgIpc) is 3.63. The van der Waals surface area contributed by atoms with Crippen molar-refractivity contribution in [3.8, 4) is 23.1 Å². The van der Waals surface area contributed by atoms with Gasteiger partial charge in [0.1, 0.15) is 17.6 Å². The number of hydrogen-bond acceptors (Lipinski definition) is 8. The minimum Gasteiger partial charge on any atom is -0.492 e. The van der Waals surface area contributed by atoms with Crippen molar-refractivity contribution in [2.75, 3.05) is 50.9 Å². The van der Waals surface area contributed by atoms with Crippen LogP contribution in [0.1, 0.15) is 37.7 Å². The van der Waals surface area contributed by atoms with Gasteiger partial charge in [0.15, 0.2) is 0 Å². The van der Waals surface area contributed by atoms with Gasteiger partial charge >= 0.3 is 6.03 Å². The molecule has 2 aliphatic carbocycles. The molecule has 8 heterocycles. The second-order valence-electron chi connectivity index (χ2n) is 13.3. The Kier molecular flexibility index (Phi) is 5.31. The first kappa shape index (κ1) is 24.7. The number of carbonyl (C=O) groups is 1. The van der Waals surface area contributed by atoms with Crippen molar-refractivity contribution in [2.45, 2.75) is 44.2 Å². The maximum absolute atomic E-state index is 13.3. The molecular formula is C31H34N8O3. The number of urea groups is 1. The number of fused-ring (bicyclic) bond motifs is 4.